The number of halogens is 2. The molecule has 1 aromatic carbocycles. The topological polar surface area (TPSA) is 89.8 Å². The summed E-state index contributed by atoms with van der Waals surface area (Å²) in [5.74, 6) is -0.427. The molecule has 2 N–H and O–H groups in total. The number of hydrogen-bond acceptors (Lipinski definition) is 5. The summed E-state index contributed by atoms with van der Waals surface area (Å²) in [7, 11) is 0. The quantitative estimate of drug-likeness (QED) is 0.499. The van der Waals surface area contributed by atoms with Gasteiger partial charge >= 0.3 is 0 Å². The minimum Gasteiger partial charge on any atom is -0.391 e. The van der Waals surface area contributed by atoms with Gasteiger partial charge in [-0.05, 0) is 49.6 Å². The second kappa shape index (κ2) is 7.51. The van der Waals surface area contributed by atoms with Gasteiger partial charge in [0.2, 0.25) is 0 Å². The lowest BCUT2D eigenvalue weighted by Crippen LogP contribution is -2.29. The Morgan fingerprint density at radius 2 is 2.03 bits per heavy atom. The molecule has 8 nitrogen and oxygen atoms in total. The number of nitrogens with zero attached hydrogens (tertiary/aromatic N) is 5. The lowest BCUT2D eigenvalue weighted by Gasteiger charge is -2.26. The van der Waals surface area contributed by atoms with Crippen LogP contribution in [0.4, 0.5) is 14.6 Å². The molecule has 170 valence electrons. The number of aromatic amines is 1. The van der Waals surface area contributed by atoms with E-state index in [1.54, 1.807) is 21.7 Å². The van der Waals surface area contributed by atoms with Gasteiger partial charge in [-0.15, -0.1) is 5.10 Å². The SMILES string of the molecule is O=C(c1cc2c(nn3ccc(N4CCC[C@@H]4c4cc(F)ccc4F)nc23)[nH]1)N1CC[C@H](O)C1. The number of amides is 1. The van der Waals surface area contributed by atoms with E-state index >= 15 is 0 Å². The molecular formula is C23H22F2N6O2. The molecule has 2 aliphatic rings. The molecule has 0 bridgehead atoms. The third kappa shape index (κ3) is 3.32. The molecule has 2 fully saturated rings. The van der Waals surface area contributed by atoms with Crippen LogP contribution < -0.4 is 4.90 Å². The highest BCUT2D eigenvalue weighted by Gasteiger charge is 2.31. The number of fused-ring (bicyclic) bond motifs is 3. The Labute approximate surface area is 187 Å². The zero-order valence-corrected chi connectivity index (χ0v) is 17.7. The first-order valence-electron chi connectivity index (χ1n) is 11.0. The number of aliphatic hydroxyl groups excluding tert-OH is 1. The number of hydrogen-bond donors (Lipinski definition) is 2. The van der Waals surface area contributed by atoms with E-state index < -0.39 is 17.7 Å². The van der Waals surface area contributed by atoms with Crippen LogP contribution in [-0.4, -0.2) is 61.2 Å². The van der Waals surface area contributed by atoms with E-state index in [1.807, 2.05) is 11.0 Å². The van der Waals surface area contributed by atoms with E-state index in [0.29, 0.717) is 66.2 Å². The van der Waals surface area contributed by atoms with Gasteiger partial charge in [-0.3, -0.25) is 4.79 Å². The summed E-state index contributed by atoms with van der Waals surface area (Å²) in [5.41, 5.74) is 1.84. The zero-order chi connectivity index (χ0) is 22.7. The van der Waals surface area contributed by atoms with Crippen molar-refractivity contribution in [3.05, 3.63) is 59.4 Å². The smallest absolute Gasteiger partial charge is 0.270 e. The predicted molar refractivity (Wildman–Crippen MR) is 117 cm³/mol. The Morgan fingerprint density at radius 3 is 2.85 bits per heavy atom. The Hall–Kier alpha value is -3.53. The molecule has 10 heteroatoms. The van der Waals surface area contributed by atoms with Crippen LogP contribution in [0.25, 0.3) is 16.7 Å². The highest BCUT2D eigenvalue weighted by atomic mass is 19.1. The number of anilines is 1. The average molecular weight is 452 g/mol. The number of carbonyl (C=O) groups is 1. The van der Waals surface area contributed by atoms with E-state index in [1.165, 1.54) is 6.07 Å². The van der Waals surface area contributed by atoms with Crippen molar-refractivity contribution in [2.24, 2.45) is 0 Å². The minimum absolute atomic E-state index is 0.181. The molecule has 2 aliphatic heterocycles. The maximum absolute atomic E-state index is 14.5. The summed E-state index contributed by atoms with van der Waals surface area (Å²) in [5, 5.41) is 14.9. The predicted octanol–water partition coefficient (Wildman–Crippen LogP) is 3.04. The van der Waals surface area contributed by atoms with Crippen LogP contribution >= 0.6 is 0 Å². The first kappa shape index (κ1) is 20.1. The third-order valence-corrected chi connectivity index (χ3v) is 6.59. The van der Waals surface area contributed by atoms with Gasteiger partial charge in [0.05, 0.1) is 17.5 Å². The fourth-order valence-corrected chi connectivity index (χ4v) is 4.98. The second-order valence-corrected chi connectivity index (χ2v) is 8.71. The lowest BCUT2D eigenvalue weighted by atomic mass is 10.0. The van der Waals surface area contributed by atoms with Crippen molar-refractivity contribution in [3.8, 4) is 0 Å². The summed E-state index contributed by atoms with van der Waals surface area (Å²) in [6, 6.07) is 6.78. The van der Waals surface area contributed by atoms with Crippen LogP contribution in [0.2, 0.25) is 0 Å². The normalized spacial score (nSPS) is 21.1. The minimum atomic E-state index is -0.489. The maximum atomic E-state index is 14.5. The van der Waals surface area contributed by atoms with Gasteiger partial charge < -0.3 is 19.9 Å². The molecule has 0 spiro atoms. The average Bonchev–Trinajstić information content (AvgIpc) is 3.58. The van der Waals surface area contributed by atoms with Crippen LogP contribution in [-0.2, 0) is 0 Å². The largest absolute Gasteiger partial charge is 0.391 e. The van der Waals surface area contributed by atoms with Gasteiger partial charge in [0.15, 0.2) is 11.3 Å². The molecule has 2 atom stereocenters. The van der Waals surface area contributed by atoms with Crippen molar-refractivity contribution in [2.45, 2.75) is 31.4 Å². The van der Waals surface area contributed by atoms with Gasteiger partial charge in [-0.1, -0.05) is 0 Å². The molecule has 1 amide bonds. The second-order valence-electron chi connectivity index (χ2n) is 8.71. The van der Waals surface area contributed by atoms with E-state index in [2.05, 4.69) is 10.1 Å². The molecule has 0 unspecified atom stereocenters. The number of benzene rings is 1. The molecule has 2 saturated heterocycles. The van der Waals surface area contributed by atoms with Crippen LogP contribution in [0.3, 0.4) is 0 Å². The van der Waals surface area contributed by atoms with E-state index in [0.717, 1.165) is 18.6 Å². The fraction of sp³-hybridized carbons (Fsp3) is 0.348. The highest BCUT2D eigenvalue weighted by Crippen LogP contribution is 2.37. The molecule has 33 heavy (non-hydrogen) atoms. The van der Waals surface area contributed by atoms with Crippen molar-refractivity contribution in [3.63, 3.8) is 0 Å². The van der Waals surface area contributed by atoms with Crippen molar-refractivity contribution in [2.75, 3.05) is 24.5 Å². The van der Waals surface area contributed by atoms with Gasteiger partial charge in [0.1, 0.15) is 23.1 Å². The Balaban J connectivity index is 1.36. The zero-order valence-electron chi connectivity index (χ0n) is 17.7. The summed E-state index contributed by atoms with van der Waals surface area (Å²) >= 11 is 0. The summed E-state index contributed by atoms with van der Waals surface area (Å²) in [6.45, 7) is 1.51. The highest BCUT2D eigenvalue weighted by molar-refractivity contribution is 6.01. The molecule has 4 aromatic rings. The lowest BCUT2D eigenvalue weighted by molar-refractivity contribution is 0.0760. The van der Waals surface area contributed by atoms with E-state index in [9.17, 15) is 18.7 Å². The Morgan fingerprint density at radius 1 is 1.15 bits per heavy atom. The van der Waals surface area contributed by atoms with Gasteiger partial charge in [0, 0.05) is 31.4 Å². The monoisotopic (exact) mass is 452 g/mol. The number of rotatable bonds is 3. The van der Waals surface area contributed by atoms with Crippen LogP contribution in [0.5, 0.6) is 0 Å². The van der Waals surface area contributed by atoms with Crippen LogP contribution in [0.1, 0.15) is 41.4 Å². The molecule has 0 saturated carbocycles. The summed E-state index contributed by atoms with van der Waals surface area (Å²) in [6.07, 6.45) is 3.40. The molecule has 0 radical (unpaired) electrons. The van der Waals surface area contributed by atoms with Gasteiger partial charge in [-0.25, -0.2) is 18.3 Å². The van der Waals surface area contributed by atoms with Crippen LogP contribution in [0, 0.1) is 11.6 Å². The van der Waals surface area contributed by atoms with Crippen molar-refractivity contribution in [1.29, 1.82) is 0 Å². The Bertz CT molecular complexity index is 1380. The molecule has 6 rings (SSSR count). The molecule has 3 aromatic heterocycles. The first-order valence-corrected chi connectivity index (χ1v) is 11.0. The Kier molecular flexibility index (Phi) is 4.58. The summed E-state index contributed by atoms with van der Waals surface area (Å²) in [4.78, 5) is 24.2. The van der Waals surface area contributed by atoms with Gasteiger partial charge in [0.25, 0.3) is 5.91 Å². The summed E-state index contributed by atoms with van der Waals surface area (Å²) < 4.78 is 29.9. The van der Waals surface area contributed by atoms with E-state index in [4.69, 9.17) is 4.98 Å². The molecular weight excluding hydrogens is 430 g/mol. The van der Waals surface area contributed by atoms with Crippen molar-refractivity contribution in [1.82, 2.24) is 24.5 Å². The number of H-pyrrole nitrogens is 1. The maximum Gasteiger partial charge on any atom is 0.270 e. The number of aromatic nitrogens is 4. The fourth-order valence-electron chi connectivity index (χ4n) is 4.98. The number of aliphatic hydroxyl groups is 1. The van der Waals surface area contributed by atoms with Crippen LogP contribution in [0.15, 0.2) is 36.5 Å². The first-order chi connectivity index (χ1) is 16.0. The third-order valence-electron chi connectivity index (χ3n) is 6.59. The van der Waals surface area contributed by atoms with Crippen molar-refractivity contribution < 1.29 is 18.7 Å². The van der Waals surface area contributed by atoms with Gasteiger partial charge in [-0.2, -0.15) is 0 Å². The number of β-amino-alcohol motifs (C(OH)–C–C–N with tert-alkyl or cyclic N) is 1. The van der Waals surface area contributed by atoms with Crippen molar-refractivity contribution >= 4 is 28.4 Å². The number of nitrogens with one attached hydrogen (secondary N) is 1. The standard InChI is InChI=1S/C23H22F2N6O2/c24-13-3-4-17(25)15(10-13)19-2-1-7-30(19)20-6-9-31-22(27-20)16-11-18(26-21(16)28-31)23(33)29-8-5-14(32)12-29/h3-4,6,9-11,14,19,32H,1-2,5,7-8,12H2,(H,26,28)/t14-,19+/m0/s1. The molecule has 5 heterocycles. The number of likely N-dealkylation sites (tertiary alicyclic amines) is 1. The molecule has 0 aliphatic carbocycles. The number of carbonyl (C=O) groups excluding carboxylic acids is 1. The van der Waals surface area contributed by atoms with E-state index in [-0.39, 0.29) is 11.9 Å².